The molecule has 26 heavy (non-hydrogen) atoms. The number of hydrogen-bond donors (Lipinski definition) is 1. The van der Waals surface area contributed by atoms with Crippen LogP contribution >= 0.6 is 11.3 Å². The van der Waals surface area contributed by atoms with Crippen molar-refractivity contribution in [1.29, 1.82) is 0 Å². The summed E-state index contributed by atoms with van der Waals surface area (Å²) < 4.78 is 2.09. The Hall–Kier alpha value is -2.99. The Bertz CT molecular complexity index is 1080. The summed E-state index contributed by atoms with van der Waals surface area (Å²) in [5.41, 5.74) is 4.43. The van der Waals surface area contributed by atoms with Crippen LogP contribution in [0.25, 0.3) is 16.7 Å². The molecule has 0 aliphatic carbocycles. The Morgan fingerprint density at radius 2 is 1.92 bits per heavy atom. The van der Waals surface area contributed by atoms with Crippen LogP contribution in [-0.4, -0.2) is 20.4 Å². The molecule has 0 saturated carbocycles. The van der Waals surface area contributed by atoms with Gasteiger partial charge in [0.25, 0.3) is 5.91 Å². The molecule has 2 aromatic heterocycles. The molecule has 0 saturated heterocycles. The smallest absolute Gasteiger partial charge is 0.251 e. The Kier molecular flexibility index (Phi) is 4.26. The molecule has 4 rings (SSSR count). The maximum absolute atomic E-state index is 12.5. The average molecular weight is 362 g/mol. The van der Waals surface area contributed by atoms with E-state index >= 15 is 0 Å². The molecular formula is C20H18N4OS. The Morgan fingerprint density at radius 3 is 2.65 bits per heavy atom. The Labute approximate surface area is 155 Å². The second-order valence-electron chi connectivity index (χ2n) is 6.10. The normalized spacial score (nSPS) is 11.0. The van der Waals surface area contributed by atoms with E-state index < -0.39 is 0 Å². The molecule has 4 aromatic rings. The number of aryl methyl sites for hydroxylation is 2. The predicted octanol–water partition coefficient (Wildman–Crippen LogP) is 4.03. The number of benzene rings is 2. The number of imidazole rings is 1. The summed E-state index contributed by atoms with van der Waals surface area (Å²) in [4.78, 5) is 21.5. The van der Waals surface area contributed by atoms with Gasteiger partial charge >= 0.3 is 0 Å². The van der Waals surface area contributed by atoms with E-state index in [2.05, 4.69) is 19.9 Å². The molecule has 0 fully saturated rings. The third-order valence-electron chi connectivity index (χ3n) is 4.17. The highest BCUT2D eigenvalue weighted by Gasteiger charge is 2.13. The number of nitrogens with one attached hydrogen (secondary N) is 1. The predicted molar refractivity (Wildman–Crippen MR) is 104 cm³/mol. The lowest BCUT2D eigenvalue weighted by Gasteiger charge is -2.07. The molecule has 0 aliphatic rings. The standard InChI is InChI=1S/C20H18N4OS/c1-13-12-26-19(22-13)11-21-20(25)15-8-9-18-17(10-15)23-14(2)24(18)16-6-4-3-5-7-16/h3-10,12H,11H2,1-2H3,(H,21,25). The van der Waals surface area contributed by atoms with Crippen LogP contribution in [0.15, 0.2) is 53.9 Å². The summed E-state index contributed by atoms with van der Waals surface area (Å²) in [7, 11) is 0. The van der Waals surface area contributed by atoms with Crippen molar-refractivity contribution in [2.24, 2.45) is 0 Å². The lowest BCUT2D eigenvalue weighted by atomic mass is 10.2. The molecular weight excluding hydrogens is 344 g/mol. The van der Waals surface area contributed by atoms with E-state index in [0.717, 1.165) is 33.2 Å². The maximum Gasteiger partial charge on any atom is 0.251 e. The van der Waals surface area contributed by atoms with Gasteiger partial charge in [-0.15, -0.1) is 11.3 Å². The fraction of sp³-hybridized carbons (Fsp3) is 0.150. The molecule has 1 amide bonds. The van der Waals surface area contributed by atoms with Crippen LogP contribution in [0.1, 0.15) is 26.9 Å². The third kappa shape index (κ3) is 3.11. The van der Waals surface area contributed by atoms with E-state index in [1.807, 2.05) is 67.8 Å². The number of fused-ring (bicyclic) bond motifs is 1. The van der Waals surface area contributed by atoms with Crippen molar-refractivity contribution in [3.05, 3.63) is 76.0 Å². The second-order valence-corrected chi connectivity index (χ2v) is 7.04. The van der Waals surface area contributed by atoms with Crippen molar-refractivity contribution < 1.29 is 4.79 Å². The first-order chi connectivity index (χ1) is 12.6. The van der Waals surface area contributed by atoms with Crippen LogP contribution in [0.4, 0.5) is 0 Å². The minimum absolute atomic E-state index is 0.119. The molecule has 6 heteroatoms. The highest BCUT2D eigenvalue weighted by molar-refractivity contribution is 7.09. The van der Waals surface area contributed by atoms with Crippen molar-refractivity contribution in [3.8, 4) is 5.69 Å². The monoisotopic (exact) mass is 362 g/mol. The number of carbonyl (C=O) groups is 1. The molecule has 5 nitrogen and oxygen atoms in total. The van der Waals surface area contributed by atoms with Gasteiger partial charge in [0.05, 0.1) is 17.6 Å². The number of aromatic nitrogens is 3. The van der Waals surface area contributed by atoms with Gasteiger partial charge in [0, 0.05) is 22.3 Å². The van der Waals surface area contributed by atoms with E-state index in [9.17, 15) is 4.79 Å². The van der Waals surface area contributed by atoms with Crippen molar-refractivity contribution in [3.63, 3.8) is 0 Å². The fourth-order valence-electron chi connectivity index (χ4n) is 2.99. The minimum Gasteiger partial charge on any atom is -0.346 e. The van der Waals surface area contributed by atoms with Gasteiger partial charge in [-0.2, -0.15) is 0 Å². The molecule has 2 aromatic carbocycles. The van der Waals surface area contributed by atoms with Crippen LogP contribution in [-0.2, 0) is 6.54 Å². The minimum atomic E-state index is -0.119. The highest BCUT2D eigenvalue weighted by atomic mass is 32.1. The topological polar surface area (TPSA) is 59.8 Å². The average Bonchev–Trinajstić information content (AvgIpc) is 3.21. The zero-order chi connectivity index (χ0) is 18.1. The van der Waals surface area contributed by atoms with Crippen LogP contribution in [0.5, 0.6) is 0 Å². The lowest BCUT2D eigenvalue weighted by molar-refractivity contribution is 0.0951. The molecule has 0 spiro atoms. The van der Waals surface area contributed by atoms with Gasteiger partial charge in [0.2, 0.25) is 0 Å². The van der Waals surface area contributed by atoms with Crippen molar-refractivity contribution in [2.45, 2.75) is 20.4 Å². The maximum atomic E-state index is 12.5. The number of amides is 1. The van der Waals surface area contributed by atoms with E-state index in [1.54, 1.807) is 11.3 Å². The van der Waals surface area contributed by atoms with Gasteiger partial charge in [0.15, 0.2) is 0 Å². The first-order valence-corrected chi connectivity index (χ1v) is 9.23. The first-order valence-electron chi connectivity index (χ1n) is 8.35. The van der Waals surface area contributed by atoms with Gasteiger partial charge in [-0.3, -0.25) is 9.36 Å². The van der Waals surface area contributed by atoms with Gasteiger partial charge in [-0.05, 0) is 44.2 Å². The molecule has 130 valence electrons. The summed E-state index contributed by atoms with van der Waals surface area (Å²) in [6.45, 7) is 4.35. The van der Waals surface area contributed by atoms with Crippen molar-refractivity contribution >= 4 is 28.3 Å². The van der Waals surface area contributed by atoms with Crippen molar-refractivity contribution in [2.75, 3.05) is 0 Å². The first kappa shape index (κ1) is 16.5. The van der Waals surface area contributed by atoms with Crippen LogP contribution in [0.3, 0.4) is 0 Å². The highest BCUT2D eigenvalue weighted by Crippen LogP contribution is 2.22. The van der Waals surface area contributed by atoms with Crippen molar-refractivity contribution in [1.82, 2.24) is 19.9 Å². The van der Waals surface area contributed by atoms with Crippen LogP contribution < -0.4 is 5.32 Å². The van der Waals surface area contributed by atoms with E-state index in [1.165, 1.54) is 0 Å². The van der Waals surface area contributed by atoms with Crippen LogP contribution in [0.2, 0.25) is 0 Å². The number of nitrogens with zero attached hydrogens (tertiary/aromatic N) is 3. The van der Waals surface area contributed by atoms with E-state index in [4.69, 9.17) is 0 Å². The van der Waals surface area contributed by atoms with Gasteiger partial charge in [-0.1, -0.05) is 18.2 Å². The molecule has 0 aliphatic heterocycles. The zero-order valence-corrected chi connectivity index (χ0v) is 15.4. The summed E-state index contributed by atoms with van der Waals surface area (Å²) in [5.74, 6) is 0.772. The fourth-order valence-corrected chi connectivity index (χ4v) is 3.70. The van der Waals surface area contributed by atoms with Gasteiger partial charge in [0.1, 0.15) is 10.8 Å². The van der Waals surface area contributed by atoms with E-state index in [-0.39, 0.29) is 5.91 Å². The molecule has 0 radical (unpaired) electrons. The van der Waals surface area contributed by atoms with E-state index in [0.29, 0.717) is 12.1 Å². The number of carbonyl (C=O) groups excluding carboxylic acids is 1. The molecule has 1 N–H and O–H groups in total. The summed E-state index contributed by atoms with van der Waals surface area (Å²) in [6.07, 6.45) is 0. The summed E-state index contributed by atoms with van der Waals surface area (Å²) >= 11 is 1.55. The summed E-state index contributed by atoms with van der Waals surface area (Å²) in [5, 5.41) is 5.80. The lowest BCUT2D eigenvalue weighted by Crippen LogP contribution is -2.22. The van der Waals surface area contributed by atoms with Crippen LogP contribution in [0, 0.1) is 13.8 Å². The molecule has 2 heterocycles. The SMILES string of the molecule is Cc1csc(CNC(=O)c2ccc3c(c2)nc(C)n3-c2ccccc2)n1. The molecule has 0 atom stereocenters. The van der Waals surface area contributed by atoms with Gasteiger partial charge in [-0.25, -0.2) is 9.97 Å². The largest absolute Gasteiger partial charge is 0.346 e. The molecule has 0 unspecified atom stereocenters. The molecule has 0 bridgehead atoms. The Balaban J connectivity index is 1.61. The quantitative estimate of drug-likeness (QED) is 0.596. The second kappa shape index (κ2) is 6.72. The van der Waals surface area contributed by atoms with Gasteiger partial charge < -0.3 is 5.32 Å². The number of hydrogen-bond acceptors (Lipinski definition) is 4. The third-order valence-corrected chi connectivity index (χ3v) is 5.13. The zero-order valence-electron chi connectivity index (χ0n) is 14.6. The number of thiazole rings is 1. The Morgan fingerprint density at radius 1 is 1.12 bits per heavy atom. The number of para-hydroxylation sites is 1. The number of rotatable bonds is 4. The summed E-state index contributed by atoms with van der Waals surface area (Å²) in [6, 6.07) is 15.7.